The molecule has 1 heterocycles. The molecule has 0 radical (unpaired) electrons. The van der Waals surface area contributed by atoms with Gasteiger partial charge in [-0.05, 0) is 25.8 Å². The minimum Gasteiger partial charge on any atom is -0.311 e. The Hall–Kier alpha value is -0.0800. The van der Waals surface area contributed by atoms with E-state index in [1.165, 1.54) is 51.7 Å². The van der Waals surface area contributed by atoms with E-state index < -0.39 is 0 Å². The fraction of sp³-hybridized carbons (Fsp3) is 1.00. The van der Waals surface area contributed by atoms with Gasteiger partial charge in [0.25, 0.3) is 0 Å². The maximum atomic E-state index is 3.61. The zero-order valence-corrected chi connectivity index (χ0v) is 12.3. The highest BCUT2D eigenvalue weighted by Crippen LogP contribution is 2.16. The Morgan fingerprint density at radius 2 is 1.88 bits per heavy atom. The van der Waals surface area contributed by atoms with Crippen LogP contribution in [0.15, 0.2) is 0 Å². The predicted octanol–water partition coefficient (Wildman–Crippen LogP) is 3.28. The van der Waals surface area contributed by atoms with Crippen LogP contribution in [0.25, 0.3) is 0 Å². The van der Waals surface area contributed by atoms with Crippen molar-refractivity contribution in [3.8, 4) is 0 Å². The highest BCUT2D eigenvalue weighted by molar-refractivity contribution is 4.85. The maximum absolute atomic E-state index is 3.61. The third-order valence-corrected chi connectivity index (χ3v) is 3.97. The molecule has 1 aliphatic rings. The average molecular weight is 240 g/mol. The van der Waals surface area contributed by atoms with Crippen LogP contribution < -0.4 is 5.32 Å². The molecular formula is C15H32N2. The number of nitrogens with one attached hydrogen (secondary N) is 1. The minimum atomic E-state index is 0.667. The summed E-state index contributed by atoms with van der Waals surface area (Å²) >= 11 is 0. The summed E-state index contributed by atoms with van der Waals surface area (Å²) in [6.45, 7) is 13.0. The molecule has 0 bridgehead atoms. The van der Waals surface area contributed by atoms with Gasteiger partial charge in [-0.15, -0.1) is 0 Å². The fourth-order valence-corrected chi connectivity index (χ4v) is 2.84. The van der Waals surface area contributed by atoms with E-state index in [1.54, 1.807) is 0 Å². The summed E-state index contributed by atoms with van der Waals surface area (Å²) in [5.41, 5.74) is 0. The standard InChI is InChI=1S/C15H32N2/c1-5-6-7-8-9-10-17-12-14(4)16-11-15(17)13(2)3/h13-16H,5-12H2,1-4H3. The Morgan fingerprint density at radius 3 is 2.53 bits per heavy atom. The topological polar surface area (TPSA) is 15.3 Å². The molecule has 0 saturated carbocycles. The molecule has 0 amide bonds. The van der Waals surface area contributed by atoms with Crippen molar-refractivity contribution in [1.29, 1.82) is 0 Å². The summed E-state index contributed by atoms with van der Waals surface area (Å²) in [5, 5.41) is 3.61. The number of hydrogen-bond donors (Lipinski definition) is 1. The fourth-order valence-electron chi connectivity index (χ4n) is 2.84. The zero-order valence-electron chi connectivity index (χ0n) is 12.3. The minimum absolute atomic E-state index is 0.667. The van der Waals surface area contributed by atoms with E-state index in [1.807, 2.05) is 0 Å². The Morgan fingerprint density at radius 1 is 1.18 bits per heavy atom. The molecular weight excluding hydrogens is 208 g/mol. The van der Waals surface area contributed by atoms with Crippen LogP contribution in [0.1, 0.15) is 59.8 Å². The molecule has 0 spiro atoms. The molecule has 1 fully saturated rings. The molecule has 0 aromatic heterocycles. The van der Waals surface area contributed by atoms with E-state index in [2.05, 4.69) is 37.9 Å². The Bertz CT molecular complexity index is 191. The Kier molecular flexibility index (Phi) is 7.14. The second-order valence-corrected chi connectivity index (χ2v) is 6.03. The molecule has 17 heavy (non-hydrogen) atoms. The molecule has 1 rings (SSSR count). The lowest BCUT2D eigenvalue weighted by Crippen LogP contribution is -2.57. The molecule has 2 unspecified atom stereocenters. The van der Waals surface area contributed by atoms with Gasteiger partial charge < -0.3 is 5.32 Å². The number of nitrogens with zero attached hydrogens (tertiary/aromatic N) is 1. The number of hydrogen-bond acceptors (Lipinski definition) is 2. The smallest absolute Gasteiger partial charge is 0.0244 e. The van der Waals surface area contributed by atoms with Gasteiger partial charge in [0.1, 0.15) is 0 Å². The lowest BCUT2D eigenvalue weighted by Gasteiger charge is -2.41. The highest BCUT2D eigenvalue weighted by Gasteiger charge is 2.27. The van der Waals surface area contributed by atoms with E-state index in [-0.39, 0.29) is 0 Å². The lowest BCUT2D eigenvalue weighted by atomic mass is 9.98. The van der Waals surface area contributed by atoms with E-state index >= 15 is 0 Å². The van der Waals surface area contributed by atoms with Gasteiger partial charge >= 0.3 is 0 Å². The van der Waals surface area contributed by atoms with Gasteiger partial charge in [-0.3, -0.25) is 4.90 Å². The van der Waals surface area contributed by atoms with E-state index in [9.17, 15) is 0 Å². The van der Waals surface area contributed by atoms with Crippen LogP contribution in [-0.2, 0) is 0 Å². The summed E-state index contributed by atoms with van der Waals surface area (Å²) in [5.74, 6) is 0.769. The molecule has 2 heteroatoms. The quantitative estimate of drug-likeness (QED) is 0.687. The molecule has 2 atom stereocenters. The van der Waals surface area contributed by atoms with Crippen LogP contribution in [0, 0.1) is 5.92 Å². The summed E-state index contributed by atoms with van der Waals surface area (Å²) in [4.78, 5) is 2.72. The predicted molar refractivity (Wildman–Crippen MR) is 76.4 cm³/mol. The van der Waals surface area contributed by atoms with Crippen molar-refractivity contribution >= 4 is 0 Å². The Balaban J connectivity index is 2.26. The van der Waals surface area contributed by atoms with Gasteiger partial charge in [0.15, 0.2) is 0 Å². The average Bonchev–Trinajstić information content (AvgIpc) is 2.28. The van der Waals surface area contributed by atoms with Crippen molar-refractivity contribution in [2.24, 2.45) is 5.92 Å². The van der Waals surface area contributed by atoms with Gasteiger partial charge in [0, 0.05) is 25.2 Å². The summed E-state index contributed by atoms with van der Waals surface area (Å²) in [7, 11) is 0. The maximum Gasteiger partial charge on any atom is 0.0244 e. The molecule has 0 aliphatic carbocycles. The van der Waals surface area contributed by atoms with Crippen molar-refractivity contribution in [2.45, 2.75) is 71.9 Å². The largest absolute Gasteiger partial charge is 0.311 e. The zero-order chi connectivity index (χ0) is 12.7. The van der Waals surface area contributed by atoms with Gasteiger partial charge in [0.2, 0.25) is 0 Å². The molecule has 1 saturated heterocycles. The van der Waals surface area contributed by atoms with Crippen LogP contribution in [-0.4, -0.2) is 36.6 Å². The monoisotopic (exact) mass is 240 g/mol. The first-order chi connectivity index (χ1) is 8.15. The van der Waals surface area contributed by atoms with Crippen molar-refractivity contribution in [1.82, 2.24) is 10.2 Å². The van der Waals surface area contributed by atoms with E-state index in [0.717, 1.165) is 12.0 Å². The van der Waals surface area contributed by atoms with Crippen molar-refractivity contribution in [2.75, 3.05) is 19.6 Å². The van der Waals surface area contributed by atoms with Gasteiger partial charge in [-0.25, -0.2) is 0 Å². The van der Waals surface area contributed by atoms with Crippen molar-refractivity contribution in [3.05, 3.63) is 0 Å². The molecule has 0 aromatic carbocycles. The second kappa shape index (κ2) is 8.10. The van der Waals surface area contributed by atoms with Crippen molar-refractivity contribution in [3.63, 3.8) is 0 Å². The summed E-state index contributed by atoms with van der Waals surface area (Å²) in [6, 6.07) is 1.41. The number of piperazine rings is 1. The molecule has 102 valence electrons. The molecule has 1 N–H and O–H groups in total. The first-order valence-electron chi connectivity index (χ1n) is 7.62. The molecule has 2 nitrogen and oxygen atoms in total. The highest BCUT2D eigenvalue weighted by atomic mass is 15.2. The second-order valence-electron chi connectivity index (χ2n) is 6.03. The number of rotatable bonds is 7. The third kappa shape index (κ3) is 5.39. The summed E-state index contributed by atoms with van der Waals surface area (Å²) < 4.78 is 0. The van der Waals surface area contributed by atoms with E-state index in [4.69, 9.17) is 0 Å². The van der Waals surface area contributed by atoms with Crippen molar-refractivity contribution < 1.29 is 0 Å². The normalized spacial score (nSPS) is 26.6. The van der Waals surface area contributed by atoms with E-state index in [0.29, 0.717) is 6.04 Å². The summed E-state index contributed by atoms with van der Waals surface area (Å²) in [6.07, 6.45) is 6.97. The third-order valence-electron chi connectivity index (χ3n) is 3.97. The van der Waals surface area contributed by atoms with Crippen LogP contribution in [0.4, 0.5) is 0 Å². The van der Waals surface area contributed by atoms with Gasteiger partial charge in [-0.1, -0.05) is 46.5 Å². The first kappa shape index (κ1) is 15.0. The van der Waals surface area contributed by atoms with Crippen LogP contribution in [0.2, 0.25) is 0 Å². The molecule has 0 aromatic rings. The van der Waals surface area contributed by atoms with Crippen LogP contribution in [0.3, 0.4) is 0 Å². The van der Waals surface area contributed by atoms with Gasteiger partial charge in [-0.2, -0.15) is 0 Å². The van der Waals surface area contributed by atoms with Crippen LogP contribution in [0.5, 0.6) is 0 Å². The number of unbranched alkanes of at least 4 members (excludes halogenated alkanes) is 4. The lowest BCUT2D eigenvalue weighted by molar-refractivity contribution is 0.101. The molecule has 1 aliphatic heterocycles. The van der Waals surface area contributed by atoms with Crippen LogP contribution >= 0.6 is 0 Å². The SMILES string of the molecule is CCCCCCCN1CC(C)NCC1C(C)C. The van der Waals surface area contributed by atoms with Gasteiger partial charge in [0.05, 0.1) is 0 Å². The Labute approximate surface area is 108 Å². The first-order valence-corrected chi connectivity index (χ1v) is 7.62.